The maximum absolute atomic E-state index is 5.07. The molecule has 0 radical (unpaired) electrons. The molecule has 0 aliphatic carbocycles. The second-order valence-corrected chi connectivity index (χ2v) is 4.70. The number of para-hydroxylation sites is 1. The molecule has 1 heterocycles. The number of hydrogen-bond donors (Lipinski definition) is 2. The summed E-state index contributed by atoms with van der Waals surface area (Å²) in [6, 6.07) is 9.71. The average molecular weight is 323 g/mol. The largest absolute Gasteiger partial charge is 0.377 e. The first-order valence-corrected chi connectivity index (χ1v) is 6.58. The average Bonchev–Trinajstić information content (AvgIpc) is 2.41. The molecule has 0 amide bonds. The molecule has 2 rings (SSSR count). The van der Waals surface area contributed by atoms with E-state index in [2.05, 4.69) is 36.5 Å². The predicted molar refractivity (Wildman–Crippen MR) is 79.7 cm³/mol. The van der Waals surface area contributed by atoms with E-state index in [1.807, 2.05) is 37.4 Å². The van der Waals surface area contributed by atoms with Gasteiger partial charge in [0.25, 0.3) is 0 Å². The van der Waals surface area contributed by atoms with Gasteiger partial charge in [0.05, 0.1) is 5.69 Å². The van der Waals surface area contributed by atoms with Crippen molar-refractivity contribution in [2.45, 2.75) is 6.61 Å². The van der Waals surface area contributed by atoms with Crippen LogP contribution in [0, 0.1) is 0 Å². The van der Waals surface area contributed by atoms with Crippen LogP contribution >= 0.6 is 15.9 Å². The van der Waals surface area contributed by atoms with E-state index in [0.29, 0.717) is 12.4 Å². The van der Waals surface area contributed by atoms with Gasteiger partial charge >= 0.3 is 0 Å². The van der Waals surface area contributed by atoms with E-state index in [-0.39, 0.29) is 0 Å². The van der Waals surface area contributed by atoms with Crippen molar-refractivity contribution in [3.63, 3.8) is 0 Å². The van der Waals surface area contributed by atoms with E-state index in [4.69, 9.17) is 4.74 Å². The maximum Gasteiger partial charge on any atom is 0.158 e. The van der Waals surface area contributed by atoms with Crippen molar-refractivity contribution < 1.29 is 4.74 Å². The SMILES string of the molecule is CNc1cc(Nc2ccccc2Br)nc(COC)n1. The molecule has 1 aromatic carbocycles. The summed E-state index contributed by atoms with van der Waals surface area (Å²) in [5.41, 5.74) is 0.951. The first kappa shape index (κ1) is 13.8. The molecule has 0 aliphatic heterocycles. The van der Waals surface area contributed by atoms with E-state index in [1.165, 1.54) is 0 Å². The summed E-state index contributed by atoms with van der Waals surface area (Å²) in [5.74, 6) is 2.10. The third-order valence-electron chi connectivity index (χ3n) is 2.44. The van der Waals surface area contributed by atoms with Crippen LogP contribution in [0.3, 0.4) is 0 Å². The standard InChI is InChI=1S/C13H15BrN4O/c1-15-11-7-12(18-13(17-11)8-19-2)16-10-6-4-3-5-9(10)14/h3-7H,8H2,1-2H3,(H2,15,16,17,18). The molecule has 0 atom stereocenters. The number of aromatic nitrogens is 2. The molecule has 6 heteroatoms. The molecule has 0 saturated heterocycles. The Morgan fingerprint density at radius 2 is 1.95 bits per heavy atom. The zero-order chi connectivity index (χ0) is 13.7. The Morgan fingerprint density at radius 1 is 1.21 bits per heavy atom. The van der Waals surface area contributed by atoms with Crippen molar-refractivity contribution >= 4 is 33.3 Å². The summed E-state index contributed by atoms with van der Waals surface area (Å²) < 4.78 is 6.05. The van der Waals surface area contributed by atoms with E-state index >= 15 is 0 Å². The van der Waals surface area contributed by atoms with Crippen LogP contribution in [0.4, 0.5) is 17.3 Å². The lowest BCUT2D eigenvalue weighted by molar-refractivity contribution is 0.178. The molecule has 100 valence electrons. The second-order valence-electron chi connectivity index (χ2n) is 3.84. The highest BCUT2D eigenvalue weighted by Crippen LogP contribution is 2.25. The fraction of sp³-hybridized carbons (Fsp3) is 0.231. The van der Waals surface area contributed by atoms with Gasteiger partial charge in [-0.2, -0.15) is 0 Å². The summed E-state index contributed by atoms with van der Waals surface area (Å²) in [7, 11) is 3.44. The minimum Gasteiger partial charge on any atom is -0.377 e. The Hall–Kier alpha value is -1.66. The van der Waals surface area contributed by atoms with Gasteiger partial charge < -0.3 is 15.4 Å². The Morgan fingerprint density at radius 3 is 2.63 bits per heavy atom. The number of halogens is 1. The fourth-order valence-corrected chi connectivity index (χ4v) is 1.97. The number of benzene rings is 1. The number of nitrogens with one attached hydrogen (secondary N) is 2. The number of hydrogen-bond acceptors (Lipinski definition) is 5. The molecule has 0 spiro atoms. The molecule has 19 heavy (non-hydrogen) atoms. The Kier molecular flexibility index (Phi) is 4.70. The minimum absolute atomic E-state index is 0.375. The van der Waals surface area contributed by atoms with Crippen LogP contribution in [0.2, 0.25) is 0 Å². The summed E-state index contributed by atoms with van der Waals surface area (Å²) in [5, 5.41) is 6.26. The van der Waals surface area contributed by atoms with Gasteiger partial charge in [-0.25, -0.2) is 9.97 Å². The molecular formula is C13H15BrN4O. The molecule has 0 bridgehead atoms. The first-order valence-electron chi connectivity index (χ1n) is 5.79. The van der Waals surface area contributed by atoms with E-state index in [0.717, 1.165) is 21.8 Å². The van der Waals surface area contributed by atoms with Crippen LogP contribution in [0.15, 0.2) is 34.8 Å². The van der Waals surface area contributed by atoms with Crippen LogP contribution in [0.5, 0.6) is 0 Å². The molecule has 2 N–H and O–H groups in total. The maximum atomic E-state index is 5.07. The number of nitrogens with zero attached hydrogens (tertiary/aromatic N) is 2. The van der Waals surface area contributed by atoms with Crippen LogP contribution < -0.4 is 10.6 Å². The highest BCUT2D eigenvalue weighted by molar-refractivity contribution is 9.10. The smallest absolute Gasteiger partial charge is 0.158 e. The van der Waals surface area contributed by atoms with Crippen molar-refractivity contribution in [2.24, 2.45) is 0 Å². The number of anilines is 3. The normalized spacial score (nSPS) is 10.3. The quantitative estimate of drug-likeness (QED) is 0.885. The highest BCUT2D eigenvalue weighted by Gasteiger charge is 2.05. The van der Waals surface area contributed by atoms with Crippen LogP contribution in [0.1, 0.15) is 5.82 Å². The Labute approximate surface area is 120 Å². The summed E-state index contributed by atoms with van der Waals surface area (Å²) >= 11 is 3.49. The van der Waals surface area contributed by atoms with E-state index in [1.54, 1.807) is 7.11 Å². The van der Waals surface area contributed by atoms with Crippen molar-refractivity contribution in [3.05, 3.63) is 40.6 Å². The molecular weight excluding hydrogens is 308 g/mol. The number of rotatable bonds is 5. The lowest BCUT2D eigenvalue weighted by atomic mass is 10.3. The third-order valence-corrected chi connectivity index (χ3v) is 3.13. The summed E-state index contributed by atoms with van der Waals surface area (Å²) in [4.78, 5) is 8.71. The molecule has 2 aromatic rings. The molecule has 5 nitrogen and oxygen atoms in total. The van der Waals surface area contributed by atoms with Gasteiger partial charge in [-0.15, -0.1) is 0 Å². The monoisotopic (exact) mass is 322 g/mol. The lowest BCUT2D eigenvalue weighted by Crippen LogP contribution is -2.04. The van der Waals surface area contributed by atoms with Crippen molar-refractivity contribution in [1.29, 1.82) is 0 Å². The minimum atomic E-state index is 0.375. The molecule has 0 saturated carbocycles. The number of ether oxygens (including phenoxy) is 1. The van der Waals surface area contributed by atoms with E-state index in [9.17, 15) is 0 Å². The molecule has 0 aliphatic rings. The summed E-state index contributed by atoms with van der Waals surface area (Å²) in [6.45, 7) is 0.375. The molecule has 0 unspecified atom stereocenters. The van der Waals surface area contributed by atoms with Crippen LogP contribution in [0.25, 0.3) is 0 Å². The number of methoxy groups -OCH3 is 1. The molecule has 0 fully saturated rings. The predicted octanol–water partition coefficient (Wildman–Crippen LogP) is 3.17. The molecule has 1 aromatic heterocycles. The van der Waals surface area contributed by atoms with Crippen molar-refractivity contribution in [3.8, 4) is 0 Å². The zero-order valence-electron chi connectivity index (χ0n) is 10.8. The zero-order valence-corrected chi connectivity index (χ0v) is 12.4. The highest BCUT2D eigenvalue weighted by atomic mass is 79.9. The second kappa shape index (κ2) is 6.49. The van der Waals surface area contributed by atoms with Gasteiger partial charge in [-0.1, -0.05) is 12.1 Å². The Balaban J connectivity index is 2.29. The van der Waals surface area contributed by atoms with Gasteiger partial charge in [0.1, 0.15) is 18.2 Å². The Bertz CT molecular complexity index is 562. The van der Waals surface area contributed by atoms with Gasteiger partial charge in [-0.3, -0.25) is 0 Å². The van der Waals surface area contributed by atoms with Crippen molar-refractivity contribution in [1.82, 2.24) is 9.97 Å². The fourth-order valence-electron chi connectivity index (χ4n) is 1.58. The topological polar surface area (TPSA) is 59.1 Å². The summed E-state index contributed by atoms with van der Waals surface area (Å²) in [6.07, 6.45) is 0. The van der Waals surface area contributed by atoms with Gasteiger partial charge in [0.15, 0.2) is 5.82 Å². The van der Waals surface area contributed by atoms with Crippen molar-refractivity contribution in [2.75, 3.05) is 24.8 Å². The van der Waals surface area contributed by atoms with Gasteiger partial charge in [0, 0.05) is 24.7 Å². The first-order chi connectivity index (χ1) is 9.22. The van der Waals surface area contributed by atoms with Gasteiger partial charge in [-0.05, 0) is 28.1 Å². The van der Waals surface area contributed by atoms with Crippen LogP contribution in [-0.4, -0.2) is 24.1 Å². The van der Waals surface area contributed by atoms with Gasteiger partial charge in [0.2, 0.25) is 0 Å². The third kappa shape index (κ3) is 3.65. The lowest BCUT2D eigenvalue weighted by Gasteiger charge is -2.10. The van der Waals surface area contributed by atoms with Crippen LogP contribution in [-0.2, 0) is 11.3 Å². The van der Waals surface area contributed by atoms with E-state index < -0.39 is 0 Å².